The standard InChI is InChI=1S/C12H18.H2O2/c1-3-4-8-11(2)12-9-6-5-7-10-12;1-2/h5-7,9-11H,3-4,8H2,1-2H3;1-2H. The largest absolute Gasteiger partial charge is 0.255 e. The SMILES string of the molecule is CCCCC(C)c1ccccc1.OO. The summed E-state index contributed by atoms with van der Waals surface area (Å²) in [5.41, 5.74) is 1.48. The predicted octanol–water partition coefficient (Wildman–Crippen LogP) is 4.00. The number of rotatable bonds is 4. The van der Waals surface area contributed by atoms with Gasteiger partial charge in [0.05, 0.1) is 0 Å². The molecule has 0 bridgehead atoms. The van der Waals surface area contributed by atoms with Gasteiger partial charge in [-0.2, -0.15) is 0 Å². The Labute approximate surface area is 86.1 Å². The first-order chi connectivity index (χ1) is 6.84. The van der Waals surface area contributed by atoms with Gasteiger partial charge in [0.1, 0.15) is 0 Å². The maximum atomic E-state index is 6.00. The van der Waals surface area contributed by atoms with Gasteiger partial charge in [0.25, 0.3) is 0 Å². The molecule has 0 heterocycles. The van der Waals surface area contributed by atoms with Crippen molar-refractivity contribution in [2.45, 2.75) is 39.0 Å². The number of hydrogen-bond acceptors (Lipinski definition) is 2. The summed E-state index contributed by atoms with van der Waals surface area (Å²) in [5.74, 6) is 0.728. The van der Waals surface area contributed by atoms with Crippen LogP contribution < -0.4 is 0 Å². The summed E-state index contributed by atoms with van der Waals surface area (Å²) in [6.45, 7) is 4.56. The van der Waals surface area contributed by atoms with Gasteiger partial charge in [-0.1, -0.05) is 57.0 Å². The summed E-state index contributed by atoms with van der Waals surface area (Å²) in [4.78, 5) is 0. The molecule has 0 aliphatic rings. The zero-order valence-electron chi connectivity index (χ0n) is 8.98. The van der Waals surface area contributed by atoms with Crippen LogP contribution in [0.4, 0.5) is 0 Å². The Bertz CT molecular complexity index is 209. The Hall–Kier alpha value is -0.860. The maximum Gasteiger partial charge on any atom is -0.0190 e. The molecule has 2 N–H and O–H groups in total. The normalized spacial score (nSPS) is 11.4. The van der Waals surface area contributed by atoms with Crippen molar-refractivity contribution >= 4 is 0 Å². The van der Waals surface area contributed by atoms with Gasteiger partial charge in [0.2, 0.25) is 0 Å². The Balaban J connectivity index is 0.000000791. The first-order valence-corrected chi connectivity index (χ1v) is 5.09. The fraction of sp³-hybridized carbons (Fsp3) is 0.500. The lowest BCUT2D eigenvalue weighted by atomic mass is 9.96. The first kappa shape index (κ1) is 13.1. The predicted molar refractivity (Wildman–Crippen MR) is 59.6 cm³/mol. The molecule has 1 aromatic carbocycles. The number of benzene rings is 1. The van der Waals surface area contributed by atoms with Crippen molar-refractivity contribution < 1.29 is 10.5 Å². The van der Waals surface area contributed by atoms with Crippen LogP contribution in [0, 0.1) is 0 Å². The van der Waals surface area contributed by atoms with Gasteiger partial charge < -0.3 is 0 Å². The van der Waals surface area contributed by atoms with E-state index in [2.05, 4.69) is 44.2 Å². The van der Waals surface area contributed by atoms with Gasteiger partial charge in [0.15, 0.2) is 0 Å². The average molecular weight is 196 g/mol. The van der Waals surface area contributed by atoms with Crippen molar-refractivity contribution in [3.63, 3.8) is 0 Å². The van der Waals surface area contributed by atoms with Crippen LogP contribution in [-0.2, 0) is 0 Å². The maximum absolute atomic E-state index is 6.00. The minimum atomic E-state index is 0.728. The molecule has 2 heteroatoms. The smallest absolute Gasteiger partial charge is 0.0190 e. The summed E-state index contributed by atoms with van der Waals surface area (Å²) >= 11 is 0. The van der Waals surface area contributed by atoms with E-state index >= 15 is 0 Å². The van der Waals surface area contributed by atoms with E-state index in [1.807, 2.05) is 0 Å². The Morgan fingerprint density at radius 3 is 2.21 bits per heavy atom. The van der Waals surface area contributed by atoms with Crippen molar-refractivity contribution in [1.82, 2.24) is 0 Å². The molecule has 0 radical (unpaired) electrons. The third-order valence-electron chi connectivity index (χ3n) is 2.36. The third kappa shape index (κ3) is 5.00. The molecule has 1 rings (SSSR count). The van der Waals surface area contributed by atoms with Crippen molar-refractivity contribution in [2.24, 2.45) is 0 Å². The van der Waals surface area contributed by atoms with E-state index in [0.717, 1.165) is 5.92 Å². The van der Waals surface area contributed by atoms with E-state index in [0.29, 0.717) is 0 Å². The van der Waals surface area contributed by atoms with E-state index in [4.69, 9.17) is 10.5 Å². The lowest BCUT2D eigenvalue weighted by Crippen LogP contribution is -1.92. The fourth-order valence-corrected chi connectivity index (χ4v) is 1.46. The molecule has 0 saturated carbocycles. The highest BCUT2D eigenvalue weighted by molar-refractivity contribution is 5.18. The minimum absolute atomic E-state index is 0.728. The highest BCUT2D eigenvalue weighted by atomic mass is 17.0. The molecule has 0 spiro atoms. The van der Waals surface area contributed by atoms with Gasteiger partial charge in [-0.3, -0.25) is 10.5 Å². The molecule has 0 aliphatic carbocycles. The molecular weight excluding hydrogens is 176 g/mol. The first-order valence-electron chi connectivity index (χ1n) is 5.09. The third-order valence-corrected chi connectivity index (χ3v) is 2.36. The van der Waals surface area contributed by atoms with Crippen LogP contribution in [0.1, 0.15) is 44.6 Å². The lowest BCUT2D eigenvalue weighted by Gasteiger charge is -2.10. The average Bonchev–Trinajstić information content (AvgIpc) is 2.30. The van der Waals surface area contributed by atoms with Crippen LogP contribution in [-0.4, -0.2) is 10.5 Å². The van der Waals surface area contributed by atoms with Crippen LogP contribution in [0.5, 0.6) is 0 Å². The summed E-state index contributed by atoms with van der Waals surface area (Å²) in [5, 5.41) is 12.0. The summed E-state index contributed by atoms with van der Waals surface area (Å²) < 4.78 is 0. The molecule has 0 fully saturated rings. The van der Waals surface area contributed by atoms with Crippen molar-refractivity contribution in [3.05, 3.63) is 35.9 Å². The van der Waals surface area contributed by atoms with Gasteiger partial charge in [-0.05, 0) is 17.9 Å². The molecule has 0 saturated heterocycles. The molecule has 2 nitrogen and oxygen atoms in total. The molecule has 1 unspecified atom stereocenters. The number of unbranched alkanes of at least 4 members (excludes halogenated alkanes) is 1. The monoisotopic (exact) mass is 196 g/mol. The minimum Gasteiger partial charge on any atom is -0.255 e. The van der Waals surface area contributed by atoms with E-state index in [9.17, 15) is 0 Å². The van der Waals surface area contributed by atoms with Crippen molar-refractivity contribution in [3.8, 4) is 0 Å². The van der Waals surface area contributed by atoms with E-state index < -0.39 is 0 Å². The molecule has 0 aliphatic heterocycles. The molecule has 14 heavy (non-hydrogen) atoms. The van der Waals surface area contributed by atoms with Crippen LogP contribution in [0.2, 0.25) is 0 Å². The van der Waals surface area contributed by atoms with Crippen LogP contribution in [0.25, 0.3) is 0 Å². The quantitative estimate of drug-likeness (QED) is 0.564. The highest BCUT2D eigenvalue weighted by Gasteiger charge is 2.02. The molecule has 80 valence electrons. The Morgan fingerprint density at radius 1 is 1.14 bits per heavy atom. The number of hydrogen-bond donors (Lipinski definition) is 2. The zero-order chi connectivity index (χ0) is 10.8. The topological polar surface area (TPSA) is 40.5 Å². The second-order valence-corrected chi connectivity index (χ2v) is 3.45. The highest BCUT2D eigenvalue weighted by Crippen LogP contribution is 2.20. The Kier molecular flexibility index (Phi) is 8.19. The van der Waals surface area contributed by atoms with E-state index in [-0.39, 0.29) is 0 Å². The van der Waals surface area contributed by atoms with Crippen LogP contribution in [0.3, 0.4) is 0 Å². The van der Waals surface area contributed by atoms with Gasteiger partial charge in [-0.25, -0.2) is 0 Å². The summed E-state index contributed by atoms with van der Waals surface area (Å²) in [6.07, 6.45) is 3.97. The van der Waals surface area contributed by atoms with Crippen molar-refractivity contribution in [1.29, 1.82) is 0 Å². The fourth-order valence-electron chi connectivity index (χ4n) is 1.46. The second-order valence-electron chi connectivity index (χ2n) is 3.45. The summed E-state index contributed by atoms with van der Waals surface area (Å²) in [7, 11) is 0. The molecule has 1 atom stereocenters. The molecule has 0 aromatic heterocycles. The zero-order valence-corrected chi connectivity index (χ0v) is 8.98. The molecule has 1 aromatic rings. The Morgan fingerprint density at radius 2 is 1.71 bits per heavy atom. The van der Waals surface area contributed by atoms with Crippen molar-refractivity contribution in [2.75, 3.05) is 0 Å². The van der Waals surface area contributed by atoms with Gasteiger partial charge in [0, 0.05) is 0 Å². The van der Waals surface area contributed by atoms with Gasteiger partial charge in [-0.15, -0.1) is 0 Å². The van der Waals surface area contributed by atoms with Crippen LogP contribution in [0.15, 0.2) is 30.3 Å². The van der Waals surface area contributed by atoms with E-state index in [1.54, 1.807) is 0 Å². The summed E-state index contributed by atoms with van der Waals surface area (Å²) in [6, 6.07) is 10.8. The van der Waals surface area contributed by atoms with Crippen LogP contribution >= 0.6 is 0 Å². The molecular formula is C12H20O2. The van der Waals surface area contributed by atoms with E-state index in [1.165, 1.54) is 24.8 Å². The lowest BCUT2D eigenvalue weighted by molar-refractivity contribution is -0.176. The molecule has 0 amide bonds. The second kappa shape index (κ2) is 8.73. The van der Waals surface area contributed by atoms with Gasteiger partial charge >= 0.3 is 0 Å².